The van der Waals surface area contributed by atoms with Gasteiger partial charge < -0.3 is 14.6 Å². The number of halogens is 1. The Balaban J connectivity index is 1.35. The summed E-state index contributed by atoms with van der Waals surface area (Å²) in [4.78, 5) is 12.9. The summed E-state index contributed by atoms with van der Waals surface area (Å²) in [6.07, 6.45) is 9.70. The summed E-state index contributed by atoms with van der Waals surface area (Å²) in [6, 6.07) is 7.62. The molecule has 3 saturated carbocycles. The second kappa shape index (κ2) is 8.97. The van der Waals surface area contributed by atoms with Crippen LogP contribution in [0.4, 0.5) is 0 Å². The predicted molar refractivity (Wildman–Crippen MR) is 138 cm³/mol. The number of aliphatic hydroxyl groups is 1. The normalized spacial score (nSPS) is 42.6. The van der Waals surface area contributed by atoms with Gasteiger partial charge in [-0.15, -0.1) is 0 Å². The molecular formula is C30H41ClO4. The van der Waals surface area contributed by atoms with Gasteiger partial charge in [0.05, 0.1) is 6.61 Å². The van der Waals surface area contributed by atoms with Crippen LogP contribution in [0, 0.1) is 28.6 Å². The molecule has 4 nitrogen and oxygen atoms in total. The molecule has 7 atom stereocenters. The standard InChI is InChI=1S/C30H41ClO4/c1-5-34-30(20(2)32)15-13-26-24-11-8-22-18-29(33,35-19-21-6-9-23(31)10-7-21)17-16-27(22,3)25(24)12-14-28(26,30)4/h6-10,24-26,33H,5,11-19H2,1-4H3. The zero-order valence-corrected chi connectivity index (χ0v) is 22.5. The number of hydrogen-bond donors (Lipinski definition) is 1. The summed E-state index contributed by atoms with van der Waals surface area (Å²) < 4.78 is 12.4. The fourth-order valence-corrected chi connectivity index (χ4v) is 8.83. The van der Waals surface area contributed by atoms with Crippen LogP contribution in [0.25, 0.3) is 0 Å². The van der Waals surface area contributed by atoms with Crippen molar-refractivity contribution < 1.29 is 19.4 Å². The average Bonchev–Trinajstić information content (AvgIpc) is 3.13. The third kappa shape index (κ3) is 3.95. The van der Waals surface area contributed by atoms with Crippen LogP contribution in [0.5, 0.6) is 0 Å². The van der Waals surface area contributed by atoms with Crippen molar-refractivity contribution in [3.63, 3.8) is 0 Å². The lowest BCUT2D eigenvalue weighted by atomic mass is 9.46. The zero-order chi connectivity index (χ0) is 25.1. The number of hydrogen-bond acceptors (Lipinski definition) is 4. The Kier molecular flexibility index (Phi) is 6.52. The van der Waals surface area contributed by atoms with Crippen LogP contribution in [0.2, 0.25) is 5.02 Å². The molecule has 0 bridgehead atoms. The van der Waals surface area contributed by atoms with Crippen LogP contribution in [-0.2, 0) is 20.9 Å². The Morgan fingerprint density at radius 3 is 2.46 bits per heavy atom. The Labute approximate surface area is 215 Å². The smallest absolute Gasteiger partial charge is 0.169 e. The van der Waals surface area contributed by atoms with Gasteiger partial charge in [0.2, 0.25) is 0 Å². The van der Waals surface area contributed by atoms with E-state index in [0.29, 0.717) is 48.8 Å². The quantitative estimate of drug-likeness (QED) is 0.342. The third-order valence-corrected chi connectivity index (χ3v) is 10.9. The number of ketones is 1. The Bertz CT molecular complexity index is 1000. The summed E-state index contributed by atoms with van der Waals surface area (Å²) >= 11 is 6.00. The second-order valence-electron chi connectivity index (χ2n) is 12.1. The van der Waals surface area contributed by atoms with Crippen LogP contribution in [0.1, 0.15) is 84.6 Å². The van der Waals surface area contributed by atoms with Gasteiger partial charge >= 0.3 is 0 Å². The van der Waals surface area contributed by atoms with Crippen molar-refractivity contribution in [3.8, 4) is 0 Å². The largest absolute Gasteiger partial charge is 0.367 e. The van der Waals surface area contributed by atoms with Gasteiger partial charge in [0.25, 0.3) is 0 Å². The van der Waals surface area contributed by atoms with Gasteiger partial charge in [-0.05, 0) is 93.2 Å². The summed E-state index contributed by atoms with van der Waals surface area (Å²) in [7, 11) is 0. The SMILES string of the molecule is CCOC1(C(C)=O)CCC2C3CC=C4CC(O)(OCc5ccc(Cl)cc5)CCC4(C)C3CCC21C. The lowest BCUT2D eigenvalue weighted by Gasteiger charge is -2.60. The van der Waals surface area contributed by atoms with E-state index in [4.69, 9.17) is 21.1 Å². The molecular weight excluding hydrogens is 460 g/mol. The predicted octanol–water partition coefficient (Wildman–Crippen LogP) is 6.87. The highest BCUT2D eigenvalue weighted by Gasteiger charge is 2.66. The Morgan fingerprint density at radius 2 is 1.77 bits per heavy atom. The maximum Gasteiger partial charge on any atom is 0.169 e. The van der Waals surface area contributed by atoms with Crippen molar-refractivity contribution in [1.29, 1.82) is 0 Å². The first-order valence-electron chi connectivity index (χ1n) is 13.5. The van der Waals surface area contributed by atoms with Gasteiger partial charge in [0, 0.05) is 29.9 Å². The van der Waals surface area contributed by atoms with E-state index in [9.17, 15) is 9.90 Å². The fourth-order valence-electron chi connectivity index (χ4n) is 8.70. The molecule has 0 aromatic heterocycles. The van der Waals surface area contributed by atoms with Gasteiger partial charge in [0.1, 0.15) is 5.60 Å². The molecule has 1 N–H and O–H groups in total. The van der Waals surface area contributed by atoms with E-state index < -0.39 is 11.4 Å². The minimum absolute atomic E-state index is 0.0885. The highest BCUT2D eigenvalue weighted by molar-refractivity contribution is 6.30. The van der Waals surface area contributed by atoms with Crippen molar-refractivity contribution in [2.45, 2.75) is 97.1 Å². The molecule has 0 spiro atoms. The molecule has 0 aliphatic heterocycles. The van der Waals surface area contributed by atoms with Crippen LogP contribution < -0.4 is 0 Å². The minimum Gasteiger partial charge on any atom is -0.367 e. The maximum absolute atomic E-state index is 12.9. The lowest BCUT2D eigenvalue weighted by Crippen LogP contribution is -2.58. The molecule has 5 rings (SSSR count). The van der Waals surface area contributed by atoms with Gasteiger partial charge in [0.15, 0.2) is 11.6 Å². The molecule has 0 amide bonds. The average molecular weight is 501 g/mol. The first-order chi connectivity index (χ1) is 16.6. The highest BCUT2D eigenvalue weighted by atomic mass is 35.5. The molecule has 3 fully saturated rings. The van der Waals surface area contributed by atoms with Crippen molar-refractivity contribution in [1.82, 2.24) is 0 Å². The molecule has 192 valence electrons. The topological polar surface area (TPSA) is 55.8 Å². The number of carbonyl (C=O) groups is 1. The first kappa shape index (κ1) is 25.4. The van der Waals surface area contributed by atoms with E-state index in [1.54, 1.807) is 6.92 Å². The zero-order valence-electron chi connectivity index (χ0n) is 21.7. The number of fused-ring (bicyclic) bond motifs is 5. The van der Waals surface area contributed by atoms with E-state index in [0.717, 1.165) is 44.1 Å². The summed E-state index contributed by atoms with van der Waals surface area (Å²) in [5, 5.41) is 12.1. The molecule has 0 radical (unpaired) electrons. The monoisotopic (exact) mass is 500 g/mol. The van der Waals surface area contributed by atoms with Crippen LogP contribution in [-0.4, -0.2) is 28.9 Å². The van der Waals surface area contributed by atoms with Gasteiger partial charge in [-0.3, -0.25) is 4.79 Å². The first-order valence-corrected chi connectivity index (χ1v) is 13.9. The van der Waals surface area contributed by atoms with E-state index in [-0.39, 0.29) is 16.6 Å². The Hall–Kier alpha value is -1.20. The number of benzene rings is 1. The van der Waals surface area contributed by atoms with Gasteiger partial charge in [-0.25, -0.2) is 0 Å². The van der Waals surface area contributed by atoms with E-state index in [1.165, 1.54) is 5.57 Å². The second-order valence-corrected chi connectivity index (χ2v) is 12.5. The maximum atomic E-state index is 12.9. The number of carbonyl (C=O) groups excluding carboxylic acids is 1. The molecule has 4 aliphatic carbocycles. The van der Waals surface area contributed by atoms with Crippen LogP contribution in [0.3, 0.4) is 0 Å². The molecule has 1 aromatic carbocycles. The molecule has 0 saturated heterocycles. The number of Topliss-reactive ketones (excluding diaryl/α,β-unsaturated/α-hetero) is 1. The number of ether oxygens (including phenoxy) is 2. The molecule has 7 unspecified atom stereocenters. The van der Waals surface area contributed by atoms with Crippen molar-refractivity contribution in [2.24, 2.45) is 28.6 Å². The molecule has 5 heteroatoms. The summed E-state index contributed by atoms with van der Waals surface area (Å²) in [5.74, 6) is 0.763. The van der Waals surface area contributed by atoms with Crippen molar-refractivity contribution >= 4 is 17.4 Å². The molecule has 1 aromatic rings. The number of allylic oxidation sites excluding steroid dienone is 1. The van der Waals surface area contributed by atoms with Crippen LogP contribution >= 0.6 is 11.6 Å². The molecule has 0 heterocycles. The van der Waals surface area contributed by atoms with Crippen molar-refractivity contribution in [3.05, 3.63) is 46.5 Å². The highest BCUT2D eigenvalue weighted by Crippen LogP contribution is 2.68. The van der Waals surface area contributed by atoms with Gasteiger partial charge in [-0.1, -0.05) is 49.2 Å². The lowest BCUT2D eigenvalue weighted by molar-refractivity contribution is -0.232. The fraction of sp³-hybridized carbons (Fsp3) is 0.700. The van der Waals surface area contributed by atoms with E-state index in [2.05, 4.69) is 19.9 Å². The third-order valence-electron chi connectivity index (χ3n) is 10.6. The van der Waals surface area contributed by atoms with E-state index >= 15 is 0 Å². The number of rotatable bonds is 6. The molecule has 35 heavy (non-hydrogen) atoms. The summed E-state index contributed by atoms with van der Waals surface area (Å²) in [6.45, 7) is 9.49. The van der Waals surface area contributed by atoms with Crippen LogP contribution in [0.15, 0.2) is 35.9 Å². The minimum atomic E-state index is -1.12. The van der Waals surface area contributed by atoms with Crippen molar-refractivity contribution in [2.75, 3.05) is 6.61 Å². The van der Waals surface area contributed by atoms with E-state index in [1.807, 2.05) is 31.2 Å². The Morgan fingerprint density at radius 1 is 1.06 bits per heavy atom. The summed E-state index contributed by atoms with van der Waals surface area (Å²) in [5.41, 5.74) is 1.77. The van der Waals surface area contributed by atoms with Gasteiger partial charge in [-0.2, -0.15) is 0 Å². The molecule has 4 aliphatic rings.